The van der Waals surface area contributed by atoms with E-state index in [9.17, 15) is 4.79 Å². The zero-order valence-corrected chi connectivity index (χ0v) is 15.5. The summed E-state index contributed by atoms with van der Waals surface area (Å²) in [6.07, 6.45) is 0.0331. The number of carbonyl (C=O) groups excluding carboxylic acids is 1. The fourth-order valence-corrected chi connectivity index (χ4v) is 2.71. The monoisotopic (exact) mass is 365 g/mol. The van der Waals surface area contributed by atoms with E-state index in [0.29, 0.717) is 28.8 Å². The lowest BCUT2D eigenvalue weighted by Crippen LogP contribution is -2.37. The lowest BCUT2D eigenvalue weighted by atomic mass is 10.1. The number of hydrogen-bond donors (Lipinski definition) is 1. The fraction of sp³-hybridized carbons (Fsp3) is 0.316. The molecule has 0 heterocycles. The predicted octanol–water partition coefficient (Wildman–Crippen LogP) is 5.08. The first-order chi connectivity index (χ1) is 11.4. The number of hydrogen-bond acceptors (Lipinski definition) is 2. The Morgan fingerprint density at radius 2 is 1.88 bits per heavy atom. The van der Waals surface area contributed by atoms with Crippen molar-refractivity contribution < 1.29 is 9.53 Å². The number of carbonyl (C=O) groups is 1. The van der Waals surface area contributed by atoms with E-state index in [0.717, 1.165) is 11.1 Å². The van der Waals surface area contributed by atoms with Gasteiger partial charge < -0.3 is 10.1 Å². The van der Waals surface area contributed by atoms with Gasteiger partial charge in [0, 0.05) is 16.6 Å². The average molecular weight is 366 g/mol. The maximum atomic E-state index is 12.4. The Bertz CT molecular complexity index is 731. The molecule has 1 amide bonds. The summed E-state index contributed by atoms with van der Waals surface area (Å²) in [6.45, 7) is 6.31. The average Bonchev–Trinajstić information content (AvgIpc) is 2.54. The topological polar surface area (TPSA) is 38.3 Å². The molecule has 2 aromatic rings. The third-order valence-electron chi connectivity index (χ3n) is 3.89. The van der Waals surface area contributed by atoms with Crippen LogP contribution >= 0.6 is 23.2 Å². The standard InChI is InChI=1S/C19H21Cl2NO2/c1-4-18(24-16-8-5-12(2)13(3)9-16)19(23)22-11-14-6-7-15(20)10-17(14)21/h5-10,18H,4,11H2,1-3H3,(H,22,23). The molecule has 1 unspecified atom stereocenters. The Morgan fingerprint density at radius 3 is 2.50 bits per heavy atom. The van der Waals surface area contributed by atoms with Crippen molar-refractivity contribution in [1.82, 2.24) is 5.32 Å². The van der Waals surface area contributed by atoms with Gasteiger partial charge in [-0.25, -0.2) is 0 Å². The number of ether oxygens (including phenoxy) is 1. The highest BCUT2D eigenvalue weighted by Crippen LogP contribution is 2.21. The summed E-state index contributed by atoms with van der Waals surface area (Å²) in [5.74, 6) is 0.534. The lowest BCUT2D eigenvalue weighted by molar-refractivity contribution is -0.128. The molecule has 0 saturated heterocycles. The maximum Gasteiger partial charge on any atom is 0.261 e. The second kappa shape index (κ2) is 8.41. The fourth-order valence-electron chi connectivity index (χ4n) is 2.23. The Morgan fingerprint density at radius 1 is 1.12 bits per heavy atom. The number of benzene rings is 2. The highest BCUT2D eigenvalue weighted by molar-refractivity contribution is 6.35. The first-order valence-electron chi connectivity index (χ1n) is 7.86. The van der Waals surface area contributed by atoms with Gasteiger partial charge in [-0.3, -0.25) is 4.79 Å². The summed E-state index contributed by atoms with van der Waals surface area (Å²) in [6, 6.07) is 11.0. The summed E-state index contributed by atoms with van der Waals surface area (Å²) >= 11 is 12.0. The van der Waals surface area contributed by atoms with Crippen molar-refractivity contribution in [3.05, 3.63) is 63.1 Å². The van der Waals surface area contributed by atoms with Crippen molar-refractivity contribution in [3.63, 3.8) is 0 Å². The molecule has 1 N–H and O–H groups in total. The van der Waals surface area contributed by atoms with Gasteiger partial charge in [-0.15, -0.1) is 0 Å². The molecule has 0 radical (unpaired) electrons. The lowest BCUT2D eigenvalue weighted by Gasteiger charge is -2.18. The van der Waals surface area contributed by atoms with Crippen molar-refractivity contribution in [2.75, 3.05) is 0 Å². The molecule has 128 valence electrons. The minimum absolute atomic E-state index is 0.165. The van der Waals surface area contributed by atoms with Gasteiger partial charge in [-0.05, 0) is 61.2 Å². The summed E-state index contributed by atoms with van der Waals surface area (Å²) in [4.78, 5) is 12.4. The van der Waals surface area contributed by atoms with E-state index >= 15 is 0 Å². The van der Waals surface area contributed by atoms with Crippen LogP contribution in [0.2, 0.25) is 10.0 Å². The van der Waals surface area contributed by atoms with Crippen LogP contribution < -0.4 is 10.1 Å². The van der Waals surface area contributed by atoms with Gasteiger partial charge in [0.1, 0.15) is 5.75 Å². The van der Waals surface area contributed by atoms with Crippen molar-refractivity contribution in [1.29, 1.82) is 0 Å². The van der Waals surface area contributed by atoms with E-state index in [1.165, 1.54) is 5.56 Å². The van der Waals surface area contributed by atoms with Gasteiger partial charge in [-0.2, -0.15) is 0 Å². The smallest absolute Gasteiger partial charge is 0.261 e. The zero-order chi connectivity index (χ0) is 17.7. The van der Waals surface area contributed by atoms with Crippen LogP contribution in [-0.4, -0.2) is 12.0 Å². The summed E-state index contributed by atoms with van der Waals surface area (Å²) in [5, 5.41) is 3.97. The third kappa shape index (κ3) is 4.89. The van der Waals surface area contributed by atoms with Crippen molar-refractivity contribution in [2.45, 2.75) is 39.8 Å². The van der Waals surface area contributed by atoms with Gasteiger partial charge in [0.25, 0.3) is 5.91 Å². The first kappa shape index (κ1) is 18.6. The van der Waals surface area contributed by atoms with E-state index in [4.69, 9.17) is 27.9 Å². The van der Waals surface area contributed by atoms with Crippen LogP contribution in [0.4, 0.5) is 0 Å². The normalized spacial score (nSPS) is 11.9. The van der Waals surface area contributed by atoms with Crippen molar-refractivity contribution >= 4 is 29.1 Å². The molecule has 0 bridgehead atoms. The molecule has 24 heavy (non-hydrogen) atoms. The van der Waals surface area contributed by atoms with Gasteiger partial charge in [0.2, 0.25) is 0 Å². The van der Waals surface area contributed by atoms with Gasteiger partial charge in [0.05, 0.1) is 0 Å². The molecule has 0 spiro atoms. The summed E-state index contributed by atoms with van der Waals surface area (Å²) in [5.41, 5.74) is 3.14. The second-order valence-corrected chi connectivity index (χ2v) is 6.56. The van der Waals surface area contributed by atoms with Crippen LogP contribution in [-0.2, 0) is 11.3 Å². The molecule has 0 fully saturated rings. The molecule has 3 nitrogen and oxygen atoms in total. The third-order valence-corrected chi connectivity index (χ3v) is 4.48. The molecule has 0 aliphatic heterocycles. The quantitative estimate of drug-likeness (QED) is 0.774. The zero-order valence-electron chi connectivity index (χ0n) is 14.0. The van der Waals surface area contributed by atoms with Crippen LogP contribution in [0.25, 0.3) is 0 Å². The van der Waals surface area contributed by atoms with E-state index in [1.807, 2.05) is 39.0 Å². The minimum atomic E-state index is -0.543. The molecule has 1 atom stereocenters. The Hall–Kier alpha value is -1.71. The van der Waals surface area contributed by atoms with Crippen LogP contribution in [0, 0.1) is 13.8 Å². The number of rotatable bonds is 6. The summed E-state index contributed by atoms with van der Waals surface area (Å²) < 4.78 is 5.83. The number of nitrogens with one attached hydrogen (secondary N) is 1. The molecule has 2 aromatic carbocycles. The van der Waals surface area contributed by atoms with Crippen LogP contribution in [0.3, 0.4) is 0 Å². The van der Waals surface area contributed by atoms with E-state index in [2.05, 4.69) is 5.32 Å². The number of aryl methyl sites for hydroxylation is 2. The van der Waals surface area contributed by atoms with Gasteiger partial charge >= 0.3 is 0 Å². The molecular formula is C19H21Cl2NO2. The van der Waals surface area contributed by atoms with Crippen LogP contribution in [0.1, 0.15) is 30.0 Å². The maximum absolute atomic E-state index is 12.4. The first-order valence-corrected chi connectivity index (χ1v) is 8.62. The van der Waals surface area contributed by atoms with Crippen LogP contribution in [0.15, 0.2) is 36.4 Å². The molecule has 0 aliphatic rings. The van der Waals surface area contributed by atoms with Crippen LogP contribution in [0.5, 0.6) is 5.75 Å². The van der Waals surface area contributed by atoms with E-state index in [-0.39, 0.29) is 5.91 Å². The van der Waals surface area contributed by atoms with E-state index < -0.39 is 6.10 Å². The SMILES string of the molecule is CCC(Oc1ccc(C)c(C)c1)C(=O)NCc1ccc(Cl)cc1Cl. The largest absolute Gasteiger partial charge is 0.481 e. The molecule has 0 saturated carbocycles. The highest BCUT2D eigenvalue weighted by atomic mass is 35.5. The molecule has 5 heteroatoms. The molecular weight excluding hydrogens is 345 g/mol. The second-order valence-electron chi connectivity index (χ2n) is 5.71. The Labute approximate surface area is 152 Å². The van der Waals surface area contributed by atoms with Gasteiger partial charge in [0.15, 0.2) is 6.10 Å². The highest BCUT2D eigenvalue weighted by Gasteiger charge is 2.18. The minimum Gasteiger partial charge on any atom is -0.481 e. The Kier molecular flexibility index (Phi) is 6.52. The molecule has 2 rings (SSSR count). The van der Waals surface area contributed by atoms with Gasteiger partial charge in [-0.1, -0.05) is 42.3 Å². The molecule has 0 aromatic heterocycles. The van der Waals surface area contributed by atoms with Crippen molar-refractivity contribution in [2.24, 2.45) is 0 Å². The summed E-state index contributed by atoms with van der Waals surface area (Å²) in [7, 11) is 0. The molecule has 0 aliphatic carbocycles. The van der Waals surface area contributed by atoms with Crippen molar-refractivity contribution in [3.8, 4) is 5.75 Å². The van der Waals surface area contributed by atoms with E-state index in [1.54, 1.807) is 18.2 Å². The number of halogens is 2. The predicted molar refractivity (Wildman–Crippen MR) is 98.9 cm³/mol. The number of amides is 1. The Balaban J connectivity index is 1.99.